The fourth-order valence-electron chi connectivity index (χ4n) is 1.76. The van der Waals surface area contributed by atoms with Crippen molar-refractivity contribution in [3.63, 3.8) is 0 Å². The number of benzene rings is 2. The van der Waals surface area contributed by atoms with Gasteiger partial charge in [0.1, 0.15) is 5.82 Å². The number of carbonyl (C=O) groups excluding carboxylic acids is 1. The Hall–Kier alpha value is -1.96. The van der Waals surface area contributed by atoms with Crippen molar-refractivity contribution in [2.75, 3.05) is 0 Å². The molecule has 0 atom stereocenters. The maximum absolute atomic E-state index is 13.5. The minimum atomic E-state index is -0.208. The smallest absolute Gasteiger partial charge is 0.159 e. The molecule has 1 nitrogen and oxygen atoms in total. The average Bonchev–Trinajstić information content (AvgIpc) is 2.32. The molecule has 0 N–H and O–H groups in total. The fraction of sp³-hybridized carbons (Fsp3) is 0.133. The highest BCUT2D eigenvalue weighted by Crippen LogP contribution is 2.14. The van der Waals surface area contributed by atoms with Crippen molar-refractivity contribution in [2.24, 2.45) is 0 Å². The lowest BCUT2D eigenvalue weighted by atomic mass is 10.0. The first kappa shape index (κ1) is 11.5. The first-order valence-corrected chi connectivity index (χ1v) is 5.50. The molecule has 0 spiro atoms. The van der Waals surface area contributed by atoms with Crippen LogP contribution < -0.4 is 0 Å². The van der Waals surface area contributed by atoms with Crippen LogP contribution in [0.2, 0.25) is 0 Å². The number of ketones is 1. The molecule has 0 aromatic heterocycles. The number of hydrogen-bond acceptors (Lipinski definition) is 1. The lowest BCUT2D eigenvalue weighted by molar-refractivity contribution is 0.101. The van der Waals surface area contributed by atoms with E-state index >= 15 is 0 Å². The number of hydrogen-bond donors (Lipinski definition) is 0. The maximum Gasteiger partial charge on any atom is 0.159 e. The molecule has 0 radical (unpaired) electrons. The molecule has 0 bridgehead atoms. The molecule has 0 fully saturated rings. The van der Waals surface area contributed by atoms with Crippen LogP contribution in [0, 0.1) is 5.82 Å². The molecule has 2 aromatic rings. The molecule has 0 saturated heterocycles. The minimum Gasteiger partial charge on any atom is -0.295 e. The van der Waals surface area contributed by atoms with Gasteiger partial charge in [-0.3, -0.25) is 4.79 Å². The molecule has 0 saturated carbocycles. The van der Waals surface area contributed by atoms with Gasteiger partial charge in [0, 0.05) is 12.0 Å². The van der Waals surface area contributed by atoms with E-state index in [0.717, 1.165) is 5.56 Å². The van der Waals surface area contributed by atoms with Crippen molar-refractivity contribution in [3.05, 3.63) is 71.0 Å². The van der Waals surface area contributed by atoms with Crippen LogP contribution in [0.4, 0.5) is 4.39 Å². The van der Waals surface area contributed by atoms with Crippen LogP contribution >= 0.6 is 0 Å². The number of carbonyl (C=O) groups is 1. The van der Waals surface area contributed by atoms with Crippen LogP contribution in [-0.4, -0.2) is 5.78 Å². The third kappa shape index (κ3) is 2.78. The lowest BCUT2D eigenvalue weighted by Crippen LogP contribution is -1.96. The van der Waals surface area contributed by atoms with E-state index in [9.17, 15) is 9.18 Å². The number of Topliss-reactive ketones (excluding diaryl/α,β-unsaturated/α-hetero) is 1. The highest BCUT2D eigenvalue weighted by Gasteiger charge is 2.04. The first-order chi connectivity index (χ1) is 8.16. The summed E-state index contributed by atoms with van der Waals surface area (Å²) in [6.45, 7) is 1.53. The summed E-state index contributed by atoms with van der Waals surface area (Å²) in [5, 5.41) is 0. The van der Waals surface area contributed by atoms with Crippen molar-refractivity contribution < 1.29 is 9.18 Å². The van der Waals surface area contributed by atoms with Crippen LogP contribution in [0.1, 0.15) is 28.4 Å². The summed E-state index contributed by atoms with van der Waals surface area (Å²) in [6, 6.07) is 14.0. The van der Waals surface area contributed by atoms with Gasteiger partial charge in [0.2, 0.25) is 0 Å². The molecule has 17 heavy (non-hydrogen) atoms. The van der Waals surface area contributed by atoms with E-state index in [-0.39, 0.29) is 11.6 Å². The summed E-state index contributed by atoms with van der Waals surface area (Å²) >= 11 is 0. The maximum atomic E-state index is 13.5. The molecule has 0 unspecified atom stereocenters. The van der Waals surface area contributed by atoms with Crippen LogP contribution in [0.3, 0.4) is 0 Å². The largest absolute Gasteiger partial charge is 0.295 e. The Labute approximate surface area is 99.9 Å². The molecule has 2 heteroatoms. The summed E-state index contributed by atoms with van der Waals surface area (Å²) in [4.78, 5) is 11.2. The van der Waals surface area contributed by atoms with Crippen molar-refractivity contribution in [2.45, 2.75) is 13.3 Å². The molecule has 2 aromatic carbocycles. The van der Waals surface area contributed by atoms with E-state index in [0.29, 0.717) is 17.5 Å². The van der Waals surface area contributed by atoms with Gasteiger partial charge >= 0.3 is 0 Å². The highest BCUT2D eigenvalue weighted by molar-refractivity contribution is 5.94. The Kier molecular flexibility index (Phi) is 3.33. The Morgan fingerprint density at radius 1 is 1.12 bits per heavy atom. The predicted octanol–water partition coefficient (Wildman–Crippen LogP) is 3.62. The summed E-state index contributed by atoms with van der Waals surface area (Å²) in [7, 11) is 0. The first-order valence-electron chi connectivity index (χ1n) is 5.50. The molecule has 0 aliphatic heterocycles. The van der Waals surface area contributed by atoms with Gasteiger partial charge in [-0.25, -0.2) is 4.39 Å². The van der Waals surface area contributed by atoms with Crippen molar-refractivity contribution >= 4 is 5.78 Å². The zero-order valence-corrected chi connectivity index (χ0v) is 9.61. The normalized spacial score (nSPS) is 10.2. The van der Waals surface area contributed by atoms with Crippen LogP contribution in [0.5, 0.6) is 0 Å². The predicted molar refractivity (Wildman–Crippen MR) is 65.7 cm³/mol. The van der Waals surface area contributed by atoms with Gasteiger partial charge < -0.3 is 0 Å². The van der Waals surface area contributed by atoms with Crippen molar-refractivity contribution in [1.29, 1.82) is 0 Å². The van der Waals surface area contributed by atoms with Gasteiger partial charge in [-0.1, -0.05) is 36.4 Å². The second-order valence-corrected chi connectivity index (χ2v) is 4.02. The quantitative estimate of drug-likeness (QED) is 0.733. The third-order valence-electron chi connectivity index (χ3n) is 2.69. The van der Waals surface area contributed by atoms with Gasteiger partial charge in [0.05, 0.1) is 0 Å². The Morgan fingerprint density at radius 3 is 2.59 bits per heavy atom. The monoisotopic (exact) mass is 228 g/mol. The van der Waals surface area contributed by atoms with Crippen molar-refractivity contribution in [3.8, 4) is 0 Å². The van der Waals surface area contributed by atoms with E-state index in [4.69, 9.17) is 0 Å². The third-order valence-corrected chi connectivity index (χ3v) is 2.69. The Balaban J connectivity index is 2.28. The standard InChI is InChI=1S/C15H13FO/c1-11(17)13-7-4-5-12(9-13)10-14-6-2-3-8-15(14)16/h2-9H,10H2,1H3. The summed E-state index contributed by atoms with van der Waals surface area (Å²) < 4.78 is 13.5. The molecular weight excluding hydrogens is 215 g/mol. The van der Waals surface area contributed by atoms with E-state index in [1.165, 1.54) is 13.0 Å². The van der Waals surface area contributed by atoms with E-state index < -0.39 is 0 Å². The minimum absolute atomic E-state index is 0.0281. The summed E-state index contributed by atoms with van der Waals surface area (Å²) in [5.41, 5.74) is 2.26. The molecule has 2 rings (SSSR count). The average molecular weight is 228 g/mol. The van der Waals surface area contributed by atoms with Crippen LogP contribution in [0.25, 0.3) is 0 Å². The lowest BCUT2D eigenvalue weighted by Gasteiger charge is -2.04. The summed E-state index contributed by atoms with van der Waals surface area (Å²) in [6.07, 6.45) is 0.508. The second kappa shape index (κ2) is 4.91. The van der Waals surface area contributed by atoms with Gasteiger partial charge in [-0.15, -0.1) is 0 Å². The van der Waals surface area contributed by atoms with Crippen molar-refractivity contribution in [1.82, 2.24) is 0 Å². The molecule has 0 aliphatic rings. The Bertz CT molecular complexity index is 546. The van der Waals surface area contributed by atoms with Crippen LogP contribution in [0.15, 0.2) is 48.5 Å². The van der Waals surface area contributed by atoms with Gasteiger partial charge in [0.25, 0.3) is 0 Å². The fourth-order valence-corrected chi connectivity index (χ4v) is 1.76. The molecule has 0 aliphatic carbocycles. The number of rotatable bonds is 3. The Morgan fingerprint density at radius 2 is 1.88 bits per heavy atom. The summed E-state index contributed by atoms with van der Waals surface area (Å²) in [5.74, 6) is -0.180. The van der Waals surface area contributed by atoms with Gasteiger partial charge in [0.15, 0.2) is 5.78 Å². The van der Waals surface area contributed by atoms with Crippen LogP contribution in [-0.2, 0) is 6.42 Å². The topological polar surface area (TPSA) is 17.1 Å². The molecular formula is C15H13FO. The zero-order chi connectivity index (χ0) is 12.3. The van der Waals surface area contributed by atoms with E-state index in [2.05, 4.69) is 0 Å². The highest BCUT2D eigenvalue weighted by atomic mass is 19.1. The van der Waals surface area contributed by atoms with E-state index in [1.807, 2.05) is 24.3 Å². The molecule has 86 valence electrons. The van der Waals surface area contributed by atoms with Gasteiger partial charge in [-0.2, -0.15) is 0 Å². The SMILES string of the molecule is CC(=O)c1cccc(Cc2ccccc2F)c1. The van der Waals surface area contributed by atoms with E-state index in [1.54, 1.807) is 18.2 Å². The van der Waals surface area contributed by atoms with Gasteiger partial charge in [-0.05, 0) is 30.2 Å². The molecule has 0 heterocycles. The number of halogens is 1. The molecule has 0 amide bonds. The second-order valence-electron chi connectivity index (χ2n) is 4.02. The zero-order valence-electron chi connectivity index (χ0n) is 9.61.